The fourth-order valence-electron chi connectivity index (χ4n) is 3.55. The zero-order valence-electron chi connectivity index (χ0n) is 14.9. The van der Waals surface area contributed by atoms with Gasteiger partial charge in [-0.05, 0) is 49.9 Å². The molecule has 1 aliphatic heterocycles. The number of rotatable bonds is 3. The Morgan fingerprint density at radius 3 is 2.92 bits per heavy atom. The second-order valence-corrected chi connectivity index (χ2v) is 6.99. The van der Waals surface area contributed by atoms with E-state index in [1.807, 2.05) is 54.5 Å². The Bertz CT molecular complexity index is 902. The number of amides is 2. The lowest BCUT2D eigenvalue weighted by atomic mass is 9.98. The number of hydrogen-bond donors (Lipinski definition) is 1. The highest BCUT2D eigenvalue weighted by Gasteiger charge is 2.24. The molecule has 134 valence electrons. The molecule has 0 aliphatic carbocycles. The van der Waals surface area contributed by atoms with Gasteiger partial charge in [0, 0.05) is 31.5 Å². The van der Waals surface area contributed by atoms with E-state index in [1.165, 1.54) is 5.56 Å². The van der Waals surface area contributed by atoms with E-state index >= 15 is 0 Å². The number of anilines is 1. The molecule has 2 aromatic heterocycles. The van der Waals surface area contributed by atoms with Gasteiger partial charge in [0.2, 0.25) is 0 Å². The second-order valence-electron chi connectivity index (χ2n) is 6.99. The number of aromatic nitrogens is 3. The molecule has 1 N–H and O–H groups in total. The van der Waals surface area contributed by atoms with Crippen LogP contribution in [0.4, 0.5) is 10.5 Å². The fraction of sp³-hybridized carbons (Fsp3) is 0.350. The summed E-state index contributed by atoms with van der Waals surface area (Å²) in [5.74, 6) is 0.409. The Hall–Kier alpha value is -2.89. The lowest BCUT2D eigenvalue weighted by Crippen LogP contribution is -2.43. The van der Waals surface area contributed by atoms with Gasteiger partial charge in [-0.25, -0.2) is 14.8 Å². The van der Waals surface area contributed by atoms with Gasteiger partial charge >= 0.3 is 6.03 Å². The Kier molecular flexibility index (Phi) is 4.56. The molecular formula is C20H23N5O. The minimum atomic E-state index is -0.0211. The van der Waals surface area contributed by atoms with Crippen LogP contribution in [-0.4, -0.2) is 38.6 Å². The summed E-state index contributed by atoms with van der Waals surface area (Å²) in [7, 11) is 0. The van der Waals surface area contributed by atoms with Crippen molar-refractivity contribution in [2.75, 3.05) is 18.4 Å². The summed E-state index contributed by atoms with van der Waals surface area (Å²) < 4.78 is 2.10. The lowest BCUT2D eigenvalue weighted by Gasteiger charge is -2.33. The van der Waals surface area contributed by atoms with E-state index in [0.717, 1.165) is 49.3 Å². The van der Waals surface area contributed by atoms with Gasteiger partial charge in [-0.1, -0.05) is 17.7 Å². The second kappa shape index (κ2) is 7.15. The molecule has 2 amide bonds. The van der Waals surface area contributed by atoms with Crippen molar-refractivity contribution in [1.29, 1.82) is 0 Å². The van der Waals surface area contributed by atoms with Crippen LogP contribution in [0.5, 0.6) is 0 Å². The molecule has 1 aromatic carbocycles. The molecule has 6 heteroatoms. The van der Waals surface area contributed by atoms with Crippen molar-refractivity contribution < 1.29 is 4.79 Å². The molecule has 4 rings (SSSR count). The van der Waals surface area contributed by atoms with E-state index in [-0.39, 0.29) is 6.03 Å². The van der Waals surface area contributed by atoms with Crippen molar-refractivity contribution in [3.05, 3.63) is 54.5 Å². The highest BCUT2D eigenvalue weighted by Crippen LogP contribution is 2.21. The van der Waals surface area contributed by atoms with Crippen LogP contribution in [-0.2, 0) is 6.54 Å². The topological polar surface area (TPSA) is 63.1 Å². The molecule has 0 radical (unpaired) electrons. The molecule has 1 saturated heterocycles. The van der Waals surface area contributed by atoms with Crippen LogP contribution in [0.2, 0.25) is 0 Å². The van der Waals surface area contributed by atoms with Crippen molar-refractivity contribution in [2.45, 2.75) is 26.3 Å². The maximum absolute atomic E-state index is 12.6. The van der Waals surface area contributed by atoms with E-state index in [9.17, 15) is 4.79 Å². The first-order chi connectivity index (χ1) is 12.7. The molecule has 1 unspecified atom stereocenters. The first-order valence-corrected chi connectivity index (χ1v) is 9.07. The summed E-state index contributed by atoms with van der Waals surface area (Å²) in [6.45, 7) is 4.43. The quantitative estimate of drug-likeness (QED) is 0.784. The number of nitrogens with zero attached hydrogens (tertiary/aromatic N) is 4. The Labute approximate surface area is 152 Å². The van der Waals surface area contributed by atoms with Crippen LogP contribution in [0.3, 0.4) is 0 Å². The van der Waals surface area contributed by atoms with Crippen molar-refractivity contribution in [2.24, 2.45) is 5.92 Å². The molecule has 3 heterocycles. The summed E-state index contributed by atoms with van der Waals surface area (Å²) in [4.78, 5) is 23.4. The third-order valence-corrected chi connectivity index (χ3v) is 4.94. The van der Waals surface area contributed by atoms with Crippen molar-refractivity contribution in [3.8, 4) is 0 Å². The molecule has 0 bridgehead atoms. The van der Waals surface area contributed by atoms with Gasteiger partial charge in [-0.15, -0.1) is 0 Å². The number of benzene rings is 1. The van der Waals surface area contributed by atoms with E-state index in [4.69, 9.17) is 0 Å². The SMILES string of the molecule is Cc1ccc(NC(=O)N2CCCC(Cn3cnc4cccnc43)C2)cc1. The summed E-state index contributed by atoms with van der Waals surface area (Å²) in [6.07, 6.45) is 5.78. The summed E-state index contributed by atoms with van der Waals surface area (Å²) in [5, 5.41) is 3.00. The lowest BCUT2D eigenvalue weighted by molar-refractivity contribution is 0.171. The first kappa shape index (κ1) is 16.6. The van der Waals surface area contributed by atoms with Gasteiger partial charge < -0.3 is 14.8 Å². The van der Waals surface area contributed by atoms with Gasteiger partial charge in [0.15, 0.2) is 5.65 Å². The van der Waals surface area contributed by atoms with E-state index < -0.39 is 0 Å². The molecule has 0 spiro atoms. The number of urea groups is 1. The van der Waals surface area contributed by atoms with E-state index in [1.54, 1.807) is 6.20 Å². The maximum atomic E-state index is 12.6. The molecule has 26 heavy (non-hydrogen) atoms. The van der Waals surface area contributed by atoms with Crippen molar-refractivity contribution in [1.82, 2.24) is 19.4 Å². The zero-order chi connectivity index (χ0) is 17.9. The number of fused-ring (bicyclic) bond motifs is 1. The van der Waals surface area contributed by atoms with Gasteiger partial charge in [-0.3, -0.25) is 0 Å². The smallest absolute Gasteiger partial charge is 0.321 e. The average molecular weight is 349 g/mol. The highest BCUT2D eigenvalue weighted by atomic mass is 16.2. The standard InChI is InChI=1S/C20H23N5O/c1-15-6-8-17(9-7-15)23-20(26)24-11-3-4-16(12-24)13-25-14-22-18-5-2-10-21-19(18)25/h2,5-10,14,16H,3-4,11-13H2,1H3,(H,23,26). The molecular weight excluding hydrogens is 326 g/mol. The van der Waals surface area contributed by atoms with E-state index in [2.05, 4.69) is 19.9 Å². The minimum absolute atomic E-state index is 0.0211. The number of hydrogen-bond acceptors (Lipinski definition) is 3. The summed E-state index contributed by atoms with van der Waals surface area (Å²) in [6, 6.07) is 11.7. The van der Waals surface area contributed by atoms with Crippen LogP contribution >= 0.6 is 0 Å². The summed E-state index contributed by atoms with van der Waals surface area (Å²) >= 11 is 0. The number of piperidine rings is 1. The average Bonchev–Trinajstić information content (AvgIpc) is 3.07. The minimum Gasteiger partial charge on any atom is -0.324 e. The van der Waals surface area contributed by atoms with Crippen LogP contribution in [0.1, 0.15) is 18.4 Å². The van der Waals surface area contributed by atoms with E-state index in [0.29, 0.717) is 5.92 Å². The van der Waals surface area contributed by atoms with Gasteiger partial charge in [0.05, 0.1) is 6.33 Å². The molecule has 1 fully saturated rings. The molecule has 1 aliphatic rings. The molecule has 1 atom stereocenters. The van der Waals surface area contributed by atoms with Crippen LogP contribution in [0.15, 0.2) is 48.9 Å². The van der Waals surface area contributed by atoms with Crippen molar-refractivity contribution >= 4 is 22.9 Å². The Balaban J connectivity index is 1.40. The number of carbonyl (C=O) groups is 1. The Morgan fingerprint density at radius 1 is 1.23 bits per heavy atom. The van der Waals surface area contributed by atoms with Gasteiger partial charge in [0.1, 0.15) is 5.52 Å². The largest absolute Gasteiger partial charge is 0.324 e. The van der Waals surface area contributed by atoms with Crippen molar-refractivity contribution in [3.63, 3.8) is 0 Å². The number of likely N-dealkylation sites (tertiary alicyclic amines) is 1. The number of carbonyl (C=O) groups excluding carboxylic acids is 1. The Morgan fingerprint density at radius 2 is 2.08 bits per heavy atom. The number of aryl methyl sites for hydroxylation is 1. The molecule has 3 aromatic rings. The zero-order valence-corrected chi connectivity index (χ0v) is 14.9. The number of nitrogens with one attached hydrogen (secondary N) is 1. The fourth-order valence-corrected chi connectivity index (χ4v) is 3.55. The third kappa shape index (κ3) is 3.54. The monoisotopic (exact) mass is 349 g/mol. The van der Waals surface area contributed by atoms with Gasteiger partial charge in [0.25, 0.3) is 0 Å². The first-order valence-electron chi connectivity index (χ1n) is 9.07. The molecule has 0 saturated carbocycles. The predicted molar refractivity (Wildman–Crippen MR) is 102 cm³/mol. The van der Waals surface area contributed by atoms with Crippen LogP contribution < -0.4 is 5.32 Å². The number of pyridine rings is 1. The summed E-state index contributed by atoms with van der Waals surface area (Å²) in [5.41, 5.74) is 3.85. The number of imidazole rings is 1. The molecule has 6 nitrogen and oxygen atoms in total. The highest BCUT2D eigenvalue weighted by molar-refractivity contribution is 5.89. The van der Waals surface area contributed by atoms with Crippen LogP contribution in [0, 0.1) is 12.8 Å². The maximum Gasteiger partial charge on any atom is 0.321 e. The third-order valence-electron chi connectivity index (χ3n) is 4.94. The predicted octanol–water partition coefficient (Wildman–Crippen LogP) is 3.68. The van der Waals surface area contributed by atoms with Gasteiger partial charge in [-0.2, -0.15) is 0 Å². The van der Waals surface area contributed by atoms with Crippen LogP contribution in [0.25, 0.3) is 11.2 Å². The normalized spacial score (nSPS) is 17.4.